The summed E-state index contributed by atoms with van der Waals surface area (Å²) in [6.07, 6.45) is 3.52. The van der Waals surface area contributed by atoms with Crippen LogP contribution in [0.3, 0.4) is 0 Å². The predicted octanol–water partition coefficient (Wildman–Crippen LogP) is 0.805. The van der Waals surface area contributed by atoms with Gasteiger partial charge in [0, 0.05) is 30.9 Å². The van der Waals surface area contributed by atoms with Crippen LogP contribution in [0.1, 0.15) is 12.0 Å². The van der Waals surface area contributed by atoms with E-state index in [0.717, 1.165) is 12.1 Å². The van der Waals surface area contributed by atoms with Crippen LogP contribution in [0.5, 0.6) is 0 Å². The number of benzene rings is 1. The van der Waals surface area contributed by atoms with E-state index in [9.17, 15) is 9.90 Å². The lowest BCUT2D eigenvalue weighted by Gasteiger charge is -2.25. The van der Waals surface area contributed by atoms with Gasteiger partial charge in [-0.1, -0.05) is 12.1 Å². The number of carbonyl (C=O) groups excluding carboxylic acids is 1. The monoisotopic (exact) mass is 289 g/mol. The Morgan fingerprint density at radius 1 is 1.52 bits per heavy atom. The fourth-order valence-corrected chi connectivity index (χ4v) is 2.68. The van der Waals surface area contributed by atoms with E-state index in [1.807, 2.05) is 43.3 Å². The van der Waals surface area contributed by atoms with E-state index < -0.39 is 6.10 Å². The highest BCUT2D eigenvalue weighted by molar-refractivity contribution is 5.92. The van der Waals surface area contributed by atoms with Crippen molar-refractivity contribution in [2.75, 3.05) is 32.9 Å². The molecule has 5 heteroatoms. The van der Waals surface area contributed by atoms with Gasteiger partial charge < -0.3 is 20.6 Å². The second-order valence-corrected chi connectivity index (χ2v) is 5.80. The molecule has 5 nitrogen and oxygen atoms in total. The van der Waals surface area contributed by atoms with Crippen molar-refractivity contribution in [1.29, 1.82) is 0 Å². The first-order chi connectivity index (χ1) is 9.95. The number of aliphatic hydroxyl groups excluding tert-OH is 1. The molecule has 0 spiro atoms. The summed E-state index contributed by atoms with van der Waals surface area (Å²) in [6, 6.07) is 7.45. The Labute approximate surface area is 125 Å². The van der Waals surface area contributed by atoms with Crippen LogP contribution < -0.4 is 5.73 Å². The van der Waals surface area contributed by atoms with Gasteiger partial charge in [0.15, 0.2) is 0 Å². The van der Waals surface area contributed by atoms with Crippen molar-refractivity contribution in [2.45, 2.75) is 18.6 Å². The summed E-state index contributed by atoms with van der Waals surface area (Å²) in [7, 11) is 3.94. The topological polar surface area (TPSA) is 69.8 Å². The second-order valence-electron chi connectivity index (χ2n) is 5.80. The van der Waals surface area contributed by atoms with Crippen LogP contribution in [0.4, 0.5) is 5.69 Å². The Morgan fingerprint density at radius 3 is 2.95 bits per heavy atom. The fourth-order valence-electron chi connectivity index (χ4n) is 2.68. The number of carbonyl (C=O) groups is 1. The Bertz CT molecular complexity index is 528. The van der Waals surface area contributed by atoms with Gasteiger partial charge in [-0.15, -0.1) is 0 Å². The number of hydrogen-bond acceptors (Lipinski definition) is 4. The first-order valence-corrected chi connectivity index (χ1v) is 7.12. The van der Waals surface area contributed by atoms with Gasteiger partial charge in [-0.3, -0.25) is 4.79 Å². The highest BCUT2D eigenvalue weighted by Crippen LogP contribution is 2.19. The minimum Gasteiger partial charge on any atom is -0.399 e. The van der Waals surface area contributed by atoms with E-state index in [1.165, 1.54) is 0 Å². The Kier molecular flexibility index (Phi) is 4.98. The lowest BCUT2D eigenvalue weighted by atomic mass is 10.1. The van der Waals surface area contributed by atoms with Crippen molar-refractivity contribution in [3.05, 3.63) is 35.9 Å². The highest BCUT2D eigenvalue weighted by atomic mass is 16.3. The molecule has 114 valence electrons. The third-order valence-corrected chi connectivity index (χ3v) is 3.58. The molecular formula is C16H23N3O2. The van der Waals surface area contributed by atoms with Gasteiger partial charge in [0.1, 0.15) is 0 Å². The number of likely N-dealkylation sites (tertiary alicyclic amines) is 1. The molecule has 1 amide bonds. The highest BCUT2D eigenvalue weighted by Gasteiger charge is 2.33. The van der Waals surface area contributed by atoms with Crippen LogP contribution in [-0.2, 0) is 4.79 Å². The van der Waals surface area contributed by atoms with Crippen LogP contribution in [-0.4, -0.2) is 60.1 Å². The van der Waals surface area contributed by atoms with E-state index in [0.29, 0.717) is 18.7 Å². The number of rotatable bonds is 4. The number of amides is 1. The predicted molar refractivity (Wildman–Crippen MR) is 84.6 cm³/mol. The van der Waals surface area contributed by atoms with Gasteiger partial charge in [-0.05, 0) is 44.3 Å². The number of nitrogens with two attached hydrogens (primary N) is 1. The van der Waals surface area contributed by atoms with E-state index in [1.54, 1.807) is 17.1 Å². The van der Waals surface area contributed by atoms with Crippen LogP contribution >= 0.6 is 0 Å². The number of nitrogens with zero attached hydrogens (tertiary/aromatic N) is 2. The molecule has 0 saturated carbocycles. The smallest absolute Gasteiger partial charge is 0.246 e. The molecule has 1 aromatic carbocycles. The summed E-state index contributed by atoms with van der Waals surface area (Å²) in [4.78, 5) is 16.1. The molecule has 1 aromatic rings. The summed E-state index contributed by atoms with van der Waals surface area (Å²) in [5.74, 6) is -0.0687. The van der Waals surface area contributed by atoms with Crippen LogP contribution in [0.25, 0.3) is 6.08 Å². The molecular weight excluding hydrogens is 266 g/mol. The first-order valence-electron chi connectivity index (χ1n) is 7.12. The summed E-state index contributed by atoms with van der Waals surface area (Å²) in [5, 5.41) is 9.80. The Balaban J connectivity index is 2.04. The molecule has 1 saturated heterocycles. The molecule has 2 unspecified atom stereocenters. The van der Waals surface area contributed by atoms with Gasteiger partial charge in [-0.25, -0.2) is 0 Å². The fraction of sp³-hybridized carbons (Fsp3) is 0.438. The van der Waals surface area contributed by atoms with E-state index in [4.69, 9.17) is 5.73 Å². The van der Waals surface area contributed by atoms with Gasteiger partial charge in [0.05, 0.1) is 6.10 Å². The zero-order valence-corrected chi connectivity index (χ0v) is 12.6. The van der Waals surface area contributed by atoms with Gasteiger partial charge in [0.25, 0.3) is 0 Å². The summed E-state index contributed by atoms with van der Waals surface area (Å²) in [5.41, 5.74) is 7.28. The third kappa shape index (κ3) is 4.31. The normalized spacial score (nSPS) is 22.4. The molecule has 1 fully saturated rings. The van der Waals surface area contributed by atoms with Crippen molar-refractivity contribution in [3.8, 4) is 0 Å². The number of anilines is 1. The number of nitrogen functional groups attached to an aromatic ring is 1. The summed E-state index contributed by atoms with van der Waals surface area (Å²) in [6.45, 7) is 1.16. The molecule has 21 heavy (non-hydrogen) atoms. The third-order valence-electron chi connectivity index (χ3n) is 3.58. The number of β-amino-alcohol motifs (C(OH)–C–C–N with tert-alkyl or cyclic N) is 1. The average molecular weight is 289 g/mol. The molecule has 0 bridgehead atoms. The standard InChI is InChI=1S/C16H23N3O2/c1-18(2)10-14-9-15(20)11-19(14)16(21)7-6-12-4-3-5-13(17)8-12/h3-8,14-15,20H,9-11,17H2,1-2H3/b7-6+. The van der Waals surface area contributed by atoms with Gasteiger partial charge in [0.2, 0.25) is 5.91 Å². The maximum atomic E-state index is 12.3. The van der Waals surface area contributed by atoms with E-state index in [2.05, 4.69) is 0 Å². The van der Waals surface area contributed by atoms with E-state index >= 15 is 0 Å². The SMILES string of the molecule is CN(C)CC1CC(O)CN1C(=O)/C=C/c1cccc(N)c1. The molecule has 0 aromatic heterocycles. The molecule has 1 aliphatic heterocycles. The lowest BCUT2D eigenvalue weighted by molar-refractivity contribution is -0.127. The minimum absolute atomic E-state index is 0.0630. The van der Waals surface area contributed by atoms with Crippen molar-refractivity contribution in [2.24, 2.45) is 0 Å². The quantitative estimate of drug-likeness (QED) is 0.635. The maximum absolute atomic E-state index is 12.3. The zero-order chi connectivity index (χ0) is 15.4. The van der Waals surface area contributed by atoms with Gasteiger partial charge in [-0.2, -0.15) is 0 Å². The average Bonchev–Trinajstić information content (AvgIpc) is 2.76. The molecule has 1 heterocycles. The molecule has 3 N–H and O–H groups in total. The molecule has 2 rings (SSSR count). The van der Waals surface area contributed by atoms with Crippen LogP contribution in [0, 0.1) is 0 Å². The van der Waals surface area contributed by atoms with Crippen LogP contribution in [0.15, 0.2) is 30.3 Å². The minimum atomic E-state index is -0.431. The number of aliphatic hydroxyl groups is 1. The molecule has 0 aliphatic carbocycles. The summed E-state index contributed by atoms with van der Waals surface area (Å²) < 4.78 is 0. The first kappa shape index (κ1) is 15.5. The Morgan fingerprint density at radius 2 is 2.29 bits per heavy atom. The Hall–Kier alpha value is -1.85. The van der Waals surface area contributed by atoms with Crippen molar-refractivity contribution in [3.63, 3.8) is 0 Å². The maximum Gasteiger partial charge on any atom is 0.246 e. The zero-order valence-electron chi connectivity index (χ0n) is 12.6. The lowest BCUT2D eigenvalue weighted by Crippen LogP contribution is -2.40. The molecule has 0 radical (unpaired) electrons. The van der Waals surface area contributed by atoms with Gasteiger partial charge >= 0.3 is 0 Å². The second kappa shape index (κ2) is 6.74. The largest absolute Gasteiger partial charge is 0.399 e. The van der Waals surface area contributed by atoms with Crippen LogP contribution in [0.2, 0.25) is 0 Å². The number of hydrogen-bond donors (Lipinski definition) is 2. The van der Waals surface area contributed by atoms with Crippen molar-refractivity contribution in [1.82, 2.24) is 9.80 Å². The van der Waals surface area contributed by atoms with E-state index in [-0.39, 0.29) is 11.9 Å². The van der Waals surface area contributed by atoms with Crippen molar-refractivity contribution < 1.29 is 9.90 Å². The molecule has 2 atom stereocenters. The number of likely N-dealkylation sites (N-methyl/N-ethyl adjacent to an activating group) is 1. The summed E-state index contributed by atoms with van der Waals surface area (Å²) >= 11 is 0. The molecule has 1 aliphatic rings. The van der Waals surface area contributed by atoms with Crippen molar-refractivity contribution >= 4 is 17.7 Å².